The maximum Gasteiger partial charge on any atom is 0.422 e. The standard InChI is InChI=1S/C12H11N3O8/c1-6(2)12(16)23-7(3)8-4-5-9(13(17)18)11(15(21)22)10(8)14(19)20/h4-5,7H,1H2,2-3H3. The number of benzene rings is 1. The van der Waals surface area contributed by atoms with Crippen LogP contribution in [0.3, 0.4) is 0 Å². The third-order valence-corrected chi connectivity index (χ3v) is 2.79. The minimum Gasteiger partial charge on any atom is -0.454 e. The fourth-order valence-corrected chi connectivity index (χ4v) is 1.76. The van der Waals surface area contributed by atoms with E-state index in [-0.39, 0.29) is 11.1 Å². The maximum atomic E-state index is 11.5. The summed E-state index contributed by atoms with van der Waals surface area (Å²) >= 11 is 0. The predicted molar refractivity (Wildman–Crippen MR) is 75.7 cm³/mol. The van der Waals surface area contributed by atoms with Crippen molar-refractivity contribution in [3.05, 3.63) is 60.2 Å². The smallest absolute Gasteiger partial charge is 0.422 e. The molecule has 0 spiro atoms. The van der Waals surface area contributed by atoms with E-state index in [1.165, 1.54) is 13.8 Å². The summed E-state index contributed by atoms with van der Waals surface area (Å²) in [4.78, 5) is 41.1. The Bertz CT molecular complexity index is 727. The lowest BCUT2D eigenvalue weighted by Crippen LogP contribution is -2.12. The van der Waals surface area contributed by atoms with Gasteiger partial charge in [-0.3, -0.25) is 30.3 Å². The Kier molecular flexibility index (Phi) is 5.07. The van der Waals surface area contributed by atoms with Gasteiger partial charge in [-0.2, -0.15) is 0 Å². The van der Waals surface area contributed by atoms with E-state index < -0.39 is 43.9 Å². The van der Waals surface area contributed by atoms with Gasteiger partial charge < -0.3 is 4.74 Å². The second kappa shape index (κ2) is 6.60. The minimum atomic E-state index is -1.27. The zero-order chi connectivity index (χ0) is 17.9. The van der Waals surface area contributed by atoms with E-state index in [4.69, 9.17) is 4.74 Å². The zero-order valence-corrected chi connectivity index (χ0v) is 12.0. The SMILES string of the molecule is C=C(C)C(=O)OC(C)c1ccc([N+](=O)[O-])c([N+](=O)[O-])c1[N+](=O)[O-]. The average Bonchev–Trinajstić information content (AvgIpc) is 2.44. The van der Waals surface area contributed by atoms with Crippen molar-refractivity contribution in [3.63, 3.8) is 0 Å². The number of nitro groups is 3. The predicted octanol–water partition coefficient (Wildman–Crippen LogP) is 2.59. The van der Waals surface area contributed by atoms with Crippen LogP contribution in [0.25, 0.3) is 0 Å². The number of carbonyl (C=O) groups is 1. The summed E-state index contributed by atoms with van der Waals surface area (Å²) in [6.45, 7) is 5.93. The Labute approximate surface area is 128 Å². The van der Waals surface area contributed by atoms with Crippen molar-refractivity contribution in [2.45, 2.75) is 20.0 Å². The first kappa shape index (κ1) is 17.7. The molecule has 1 unspecified atom stereocenters. The molecule has 0 aliphatic heterocycles. The van der Waals surface area contributed by atoms with E-state index in [1.807, 2.05) is 0 Å². The summed E-state index contributed by atoms with van der Waals surface area (Å²) in [5.74, 6) is -0.854. The molecule has 0 N–H and O–H groups in total. The molecule has 1 rings (SSSR count). The topological polar surface area (TPSA) is 156 Å². The number of rotatable bonds is 6. The van der Waals surface area contributed by atoms with E-state index in [0.717, 1.165) is 12.1 Å². The molecule has 122 valence electrons. The number of hydrogen-bond acceptors (Lipinski definition) is 8. The lowest BCUT2D eigenvalue weighted by Gasteiger charge is -2.13. The van der Waals surface area contributed by atoms with Gasteiger partial charge in [-0.1, -0.05) is 6.58 Å². The van der Waals surface area contributed by atoms with Crippen molar-refractivity contribution in [2.75, 3.05) is 0 Å². The summed E-state index contributed by atoms with van der Waals surface area (Å²) < 4.78 is 4.89. The lowest BCUT2D eigenvalue weighted by molar-refractivity contribution is -0.441. The van der Waals surface area contributed by atoms with Crippen molar-refractivity contribution in [2.24, 2.45) is 0 Å². The Hall–Kier alpha value is -3.37. The van der Waals surface area contributed by atoms with Crippen LogP contribution in [-0.4, -0.2) is 20.7 Å². The first-order chi connectivity index (χ1) is 10.6. The first-order valence-corrected chi connectivity index (χ1v) is 6.04. The van der Waals surface area contributed by atoms with Gasteiger partial charge in [0.2, 0.25) is 0 Å². The number of nitro benzene ring substituents is 3. The van der Waals surface area contributed by atoms with Gasteiger partial charge in [0.05, 0.1) is 20.3 Å². The highest BCUT2D eigenvalue weighted by Crippen LogP contribution is 2.41. The van der Waals surface area contributed by atoms with Crippen LogP contribution in [0.15, 0.2) is 24.3 Å². The Morgan fingerprint density at radius 3 is 2.00 bits per heavy atom. The van der Waals surface area contributed by atoms with Crippen LogP contribution in [0.4, 0.5) is 17.1 Å². The molecule has 1 atom stereocenters. The molecule has 23 heavy (non-hydrogen) atoms. The number of hydrogen-bond donors (Lipinski definition) is 0. The zero-order valence-electron chi connectivity index (χ0n) is 12.0. The van der Waals surface area contributed by atoms with Crippen molar-refractivity contribution < 1.29 is 24.3 Å². The third kappa shape index (κ3) is 3.64. The van der Waals surface area contributed by atoms with Crippen LogP contribution < -0.4 is 0 Å². The van der Waals surface area contributed by atoms with Crippen molar-refractivity contribution in [3.8, 4) is 0 Å². The number of nitrogens with zero attached hydrogens (tertiary/aromatic N) is 3. The second-order valence-corrected chi connectivity index (χ2v) is 4.47. The van der Waals surface area contributed by atoms with Crippen LogP contribution in [0.1, 0.15) is 25.5 Å². The monoisotopic (exact) mass is 325 g/mol. The summed E-state index contributed by atoms with van der Waals surface area (Å²) in [7, 11) is 0. The maximum absolute atomic E-state index is 11.5. The molecule has 0 saturated carbocycles. The van der Waals surface area contributed by atoms with Crippen LogP contribution in [0, 0.1) is 30.3 Å². The third-order valence-electron chi connectivity index (χ3n) is 2.79. The van der Waals surface area contributed by atoms with Crippen molar-refractivity contribution in [1.29, 1.82) is 0 Å². The summed E-state index contributed by atoms with van der Waals surface area (Å²) in [5.41, 5.74) is -3.69. The van der Waals surface area contributed by atoms with E-state index in [0.29, 0.717) is 0 Å². The van der Waals surface area contributed by atoms with Gasteiger partial charge in [0, 0.05) is 11.6 Å². The summed E-state index contributed by atoms with van der Waals surface area (Å²) in [6, 6.07) is 1.70. The van der Waals surface area contributed by atoms with E-state index in [9.17, 15) is 35.1 Å². The van der Waals surface area contributed by atoms with Gasteiger partial charge >= 0.3 is 23.0 Å². The summed E-state index contributed by atoms with van der Waals surface area (Å²) in [5, 5.41) is 33.0. The molecule has 11 heteroatoms. The van der Waals surface area contributed by atoms with Gasteiger partial charge in [0.25, 0.3) is 0 Å². The molecular weight excluding hydrogens is 314 g/mol. The van der Waals surface area contributed by atoms with Gasteiger partial charge in [-0.15, -0.1) is 0 Å². The number of carbonyl (C=O) groups excluding carboxylic acids is 1. The normalized spacial score (nSPS) is 11.4. The Morgan fingerprint density at radius 2 is 1.61 bits per heavy atom. The van der Waals surface area contributed by atoms with Gasteiger partial charge in [0.1, 0.15) is 6.10 Å². The number of ether oxygens (including phenoxy) is 1. The molecule has 0 saturated heterocycles. The molecule has 0 fully saturated rings. The Morgan fingerprint density at radius 1 is 1.09 bits per heavy atom. The molecule has 11 nitrogen and oxygen atoms in total. The molecular formula is C12H11N3O8. The molecule has 1 aromatic rings. The molecule has 0 heterocycles. The average molecular weight is 325 g/mol. The quantitative estimate of drug-likeness (QED) is 0.334. The molecule has 1 aromatic carbocycles. The molecule has 0 bridgehead atoms. The number of esters is 1. The van der Waals surface area contributed by atoms with Crippen molar-refractivity contribution >= 4 is 23.0 Å². The molecule has 0 aliphatic carbocycles. The van der Waals surface area contributed by atoms with Crippen LogP contribution in [0.2, 0.25) is 0 Å². The van der Waals surface area contributed by atoms with E-state index in [2.05, 4.69) is 6.58 Å². The first-order valence-electron chi connectivity index (χ1n) is 6.04. The highest BCUT2D eigenvalue weighted by molar-refractivity contribution is 5.87. The molecule has 0 aromatic heterocycles. The fourth-order valence-electron chi connectivity index (χ4n) is 1.76. The molecule has 0 amide bonds. The highest BCUT2D eigenvalue weighted by Gasteiger charge is 2.40. The van der Waals surface area contributed by atoms with Crippen molar-refractivity contribution in [1.82, 2.24) is 0 Å². The van der Waals surface area contributed by atoms with E-state index >= 15 is 0 Å². The fraction of sp³-hybridized carbons (Fsp3) is 0.250. The van der Waals surface area contributed by atoms with Gasteiger partial charge in [-0.25, -0.2) is 4.79 Å². The van der Waals surface area contributed by atoms with Crippen LogP contribution in [-0.2, 0) is 9.53 Å². The largest absolute Gasteiger partial charge is 0.454 e. The van der Waals surface area contributed by atoms with E-state index in [1.54, 1.807) is 0 Å². The Balaban J connectivity index is 3.56. The summed E-state index contributed by atoms with van der Waals surface area (Å²) in [6.07, 6.45) is -1.24. The molecule has 0 aliphatic rings. The molecule has 0 radical (unpaired) electrons. The highest BCUT2D eigenvalue weighted by atomic mass is 16.6. The second-order valence-electron chi connectivity index (χ2n) is 4.47. The van der Waals surface area contributed by atoms with Gasteiger partial charge in [-0.05, 0) is 19.9 Å². The van der Waals surface area contributed by atoms with Gasteiger partial charge in [0.15, 0.2) is 0 Å². The minimum absolute atomic E-state index is 0.0240. The lowest BCUT2D eigenvalue weighted by atomic mass is 10.1. The van der Waals surface area contributed by atoms with Crippen LogP contribution >= 0.6 is 0 Å². The van der Waals surface area contributed by atoms with Crippen LogP contribution in [0.5, 0.6) is 0 Å².